The first-order chi connectivity index (χ1) is 11.1. The lowest BCUT2D eigenvalue weighted by atomic mass is 10.1. The summed E-state index contributed by atoms with van der Waals surface area (Å²) >= 11 is 0. The van der Waals surface area contributed by atoms with Crippen LogP contribution in [0.1, 0.15) is 13.3 Å². The van der Waals surface area contributed by atoms with Gasteiger partial charge in [-0.3, -0.25) is 9.73 Å². The van der Waals surface area contributed by atoms with Gasteiger partial charge in [0.1, 0.15) is 6.42 Å². The number of alkyl halides is 10. The summed E-state index contributed by atoms with van der Waals surface area (Å²) in [6, 6.07) is 0. The van der Waals surface area contributed by atoms with Crippen LogP contribution in [0.25, 0.3) is 0 Å². The Morgan fingerprint density at radius 2 is 1.56 bits per heavy atom. The van der Waals surface area contributed by atoms with E-state index in [1.54, 1.807) is 0 Å². The molecule has 0 saturated carbocycles. The summed E-state index contributed by atoms with van der Waals surface area (Å²) in [7, 11) is 0. The van der Waals surface area contributed by atoms with E-state index >= 15 is 0 Å². The van der Waals surface area contributed by atoms with Crippen LogP contribution in [0.5, 0.6) is 0 Å². The number of amidine groups is 1. The predicted molar refractivity (Wildman–Crippen MR) is 62.4 cm³/mol. The summed E-state index contributed by atoms with van der Waals surface area (Å²) in [5.74, 6) is -11.9. The minimum absolute atomic E-state index is 0.278. The maximum Gasteiger partial charge on any atom is 0.457 e. The third kappa shape index (κ3) is 4.65. The molecule has 1 rings (SSSR count). The lowest BCUT2D eigenvalue weighted by Crippen LogP contribution is -2.62. The highest BCUT2D eigenvalue weighted by Crippen LogP contribution is 2.49. The second-order valence-electron chi connectivity index (χ2n) is 4.82. The number of ether oxygens (including phenoxy) is 2. The van der Waals surface area contributed by atoms with Gasteiger partial charge in [0.15, 0.2) is 5.84 Å². The molecule has 0 aromatic heterocycles. The van der Waals surface area contributed by atoms with E-state index < -0.39 is 49.0 Å². The van der Waals surface area contributed by atoms with Crippen molar-refractivity contribution in [3.8, 4) is 0 Å². The van der Waals surface area contributed by atoms with E-state index in [2.05, 4.69) is 14.5 Å². The van der Waals surface area contributed by atoms with Crippen LogP contribution in [-0.2, 0) is 9.47 Å². The van der Waals surface area contributed by atoms with E-state index in [1.807, 2.05) is 5.32 Å². The highest BCUT2D eigenvalue weighted by Gasteiger charge is 2.76. The maximum atomic E-state index is 14.4. The summed E-state index contributed by atoms with van der Waals surface area (Å²) in [5.41, 5.74) is 0. The van der Waals surface area contributed by atoms with Gasteiger partial charge in [-0.15, -0.1) is 0 Å². The molecular formula is C11H12F10N2O2. The molecule has 0 aromatic carbocycles. The van der Waals surface area contributed by atoms with Gasteiger partial charge in [0.2, 0.25) is 0 Å². The number of aliphatic imine (C=N–C) groups is 1. The monoisotopic (exact) mass is 394 g/mol. The molecule has 1 aliphatic heterocycles. The third-order valence-corrected chi connectivity index (χ3v) is 2.83. The van der Waals surface area contributed by atoms with Crippen molar-refractivity contribution in [3.05, 3.63) is 0 Å². The predicted octanol–water partition coefficient (Wildman–Crippen LogP) is 3.48. The van der Waals surface area contributed by atoms with Crippen molar-refractivity contribution in [2.24, 2.45) is 4.99 Å². The zero-order chi connectivity index (χ0) is 19.7. The topological polar surface area (TPSA) is 42.9 Å². The fraction of sp³-hybridized carbons (Fsp3) is 0.909. The van der Waals surface area contributed by atoms with Gasteiger partial charge in [-0.25, -0.2) is 4.39 Å². The summed E-state index contributed by atoms with van der Waals surface area (Å²) in [4.78, 5) is 3.09. The van der Waals surface area contributed by atoms with Crippen LogP contribution in [0.4, 0.5) is 43.9 Å². The first-order valence-corrected chi connectivity index (χ1v) is 6.60. The molecule has 0 unspecified atom stereocenters. The minimum atomic E-state index is -6.43. The van der Waals surface area contributed by atoms with E-state index in [1.165, 1.54) is 0 Å². The summed E-state index contributed by atoms with van der Waals surface area (Å²) in [6.45, 7) is -1.18. The van der Waals surface area contributed by atoms with Crippen molar-refractivity contribution in [2.75, 3.05) is 19.7 Å². The van der Waals surface area contributed by atoms with E-state index in [9.17, 15) is 43.9 Å². The van der Waals surface area contributed by atoms with Crippen LogP contribution in [0.2, 0.25) is 0 Å². The molecule has 0 spiro atoms. The molecule has 0 fully saturated rings. The second kappa shape index (κ2) is 6.78. The Kier molecular flexibility index (Phi) is 5.89. The first-order valence-electron chi connectivity index (χ1n) is 6.60. The number of hydrogen-bond acceptors (Lipinski definition) is 4. The number of nitrogens with zero attached hydrogens (tertiary/aromatic N) is 1. The molecule has 25 heavy (non-hydrogen) atoms. The number of rotatable bonds is 7. The first kappa shape index (κ1) is 21.7. The van der Waals surface area contributed by atoms with Gasteiger partial charge in [0.05, 0.1) is 6.54 Å². The van der Waals surface area contributed by atoms with Crippen LogP contribution in [-0.4, -0.2) is 55.7 Å². The fourth-order valence-electron chi connectivity index (χ4n) is 1.87. The lowest BCUT2D eigenvalue weighted by Gasteiger charge is -2.37. The van der Waals surface area contributed by atoms with Crippen molar-refractivity contribution in [1.82, 2.24) is 5.32 Å². The van der Waals surface area contributed by atoms with Crippen LogP contribution in [0.3, 0.4) is 0 Å². The molecule has 1 N–H and O–H groups in total. The Bertz CT molecular complexity index is 506. The van der Waals surface area contributed by atoms with Gasteiger partial charge in [0.25, 0.3) is 5.85 Å². The Morgan fingerprint density at radius 1 is 1.00 bits per heavy atom. The van der Waals surface area contributed by atoms with Gasteiger partial charge in [-0.2, -0.15) is 39.5 Å². The molecule has 0 radical (unpaired) electrons. The molecule has 0 aliphatic carbocycles. The van der Waals surface area contributed by atoms with Gasteiger partial charge in [0, 0.05) is 13.2 Å². The van der Waals surface area contributed by atoms with Gasteiger partial charge in [-0.1, -0.05) is 0 Å². The SMILES string of the molecule is CCO[C@](F)(C(F)(F)F)C(F)(F)O[C@](F)(CC(F)(F)F)C1=NCCN1. The average molecular weight is 394 g/mol. The highest BCUT2D eigenvalue weighted by molar-refractivity contribution is 5.90. The Morgan fingerprint density at radius 3 is 1.92 bits per heavy atom. The fourth-order valence-corrected chi connectivity index (χ4v) is 1.87. The van der Waals surface area contributed by atoms with E-state index in [4.69, 9.17) is 0 Å². The highest BCUT2D eigenvalue weighted by atomic mass is 19.4. The number of nitrogens with one attached hydrogen (secondary N) is 1. The Hall–Kier alpha value is -1.31. The molecule has 0 bridgehead atoms. The second-order valence-corrected chi connectivity index (χ2v) is 4.82. The van der Waals surface area contributed by atoms with Crippen LogP contribution in [0.15, 0.2) is 4.99 Å². The van der Waals surface area contributed by atoms with Crippen LogP contribution >= 0.6 is 0 Å². The van der Waals surface area contributed by atoms with E-state index in [-0.39, 0.29) is 13.1 Å². The zero-order valence-corrected chi connectivity index (χ0v) is 12.4. The van der Waals surface area contributed by atoms with E-state index in [0.717, 1.165) is 0 Å². The number of halogens is 10. The molecule has 4 nitrogen and oxygen atoms in total. The third-order valence-electron chi connectivity index (χ3n) is 2.83. The van der Waals surface area contributed by atoms with Crippen molar-refractivity contribution in [1.29, 1.82) is 0 Å². The molecule has 0 amide bonds. The average Bonchev–Trinajstić information content (AvgIpc) is 2.88. The van der Waals surface area contributed by atoms with Crippen molar-refractivity contribution in [3.63, 3.8) is 0 Å². The van der Waals surface area contributed by atoms with Crippen molar-refractivity contribution in [2.45, 2.75) is 43.5 Å². The number of hydrogen-bond donors (Lipinski definition) is 1. The molecular weight excluding hydrogens is 382 g/mol. The molecule has 0 aromatic rings. The smallest absolute Gasteiger partial charge is 0.367 e. The molecule has 148 valence electrons. The summed E-state index contributed by atoms with van der Waals surface area (Å²) in [5, 5.41) is 1.84. The van der Waals surface area contributed by atoms with Gasteiger partial charge >= 0.3 is 24.3 Å². The molecule has 1 heterocycles. The lowest BCUT2D eigenvalue weighted by molar-refractivity contribution is -0.478. The minimum Gasteiger partial charge on any atom is -0.367 e. The Labute approximate surface area is 134 Å². The Balaban J connectivity index is 3.28. The normalized spacial score (nSPS) is 21.3. The largest absolute Gasteiger partial charge is 0.457 e. The van der Waals surface area contributed by atoms with Crippen molar-refractivity contribution < 1.29 is 53.4 Å². The van der Waals surface area contributed by atoms with E-state index in [0.29, 0.717) is 6.92 Å². The molecule has 14 heteroatoms. The summed E-state index contributed by atoms with van der Waals surface area (Å²) < 4.78 is 137. The molecule has 2 atom stereocenters. The van der Waals surface area contributed by atoms with Crippen molar-refractivity contribution >= 4 is 5.84 Å². The zero-order valence-electron chi connectivity index (χ0n) is 12.4. The molecule has 1 aliphatic rings. The van der Waals surface area contributed by atoms with Crippen LogP contribution in [0, 0.1) is 0 Å². The molecule has 0 saturated heterocycles. The van der Waals surface area contributed by atoms with Crippen LogP contribution < -0.4 is 5.32 Å². The standard InChI is InChI=1S/C11H12F10N2O2/c1-2-24-9(16,10(17,18)19)11(20,21)25-7(12,5-8(13,14)15)6-22-3-4-23-6/h2-5H2,1H3,(H,22,23)/t7-,9-/m1/s1. The summed E-state index contributed by atoms with van der Waals surface area (Å²) in [6.07, 6.45) is -20.9. The van der Waals surface area contributed by atoms with Gasteiger partial charge in [-0.05, 0) is 6.92 Å². The maximum absolute atomic E-state index is 14.4. The van der Waals surface area contributed by atoms with Gasteiger partial charge < -0.3 is 10.1 Å². The quantitative estimate of drug-likeness (QED) is 0.673.